The van der Waals surface area contributed by atoms with Crippen molar-refractivity contribution in [2.24, 2.45) is 0 Å². The van der Waals surface area contributed by atoms with E-state index in [0.717, 1.165) is 6.54 Å². The second kappa shape index (κ2) is 6.52. The number of benzene rings is 2. The molecule has 1 atom stereocenters. The van der Waals surface area contributed by atoms with Crippen LogP contribution in [-0.4, -0.2) is 17.0 Å². The van der Waals surface area contributed by atoms with Gasteiger partial charge in [0.2, 0.25) is 0 Å². The van der Waals surface area contributed by atoms with Gasteiger partial charge < -0.3 is 9.88 Å². The quantitative estimate of drug-likeness (QED) is 0.770. The summed E-state index contributed by atoms with van der Waals surface area (Å²) >= 11 is 6.00. The molecule has 0 spiro atoms. The molecule has 0 saturated heterocycles. The molecule has 0 radical (unpaired) electrons. The Morgan fingerprint density at radius 1 is 1.17 bits per heavy atom. The van der Waals surface area contributed by atoms with Crippen molar-refractivity contribution in [1.29, 1.82) is 0 Å². The summed E-state index contributed by atoms with van der Waals surface area (Å²) in [5, 5.41) is 1.15. The van der Waals surface area contributed by atoms with Crippen molar-refractivity contribution in [2.75, 3.05) is 7.05 Å². The van der Waals surface area contributed by atoms with E-state index < -0.39 is 0 Å². The van der Waals surface area contributed by atoms with E-state index in [1.54, 1.807) is 18.2 Å². The van der Waals surface area contributed by atoms with E-state index in [1.807, 2.05) is 12.1 Å². The smallest absolute Gasteiger partial charge is 0.258 e. The van der Waals surface area contributed by atoms with Gasteiger partial charge in [0.05, 0.1) is 18.0 Å². The minimum atomic E-state index is -0.120. The highest BCUT2D eigenvalue weighted by Crippen LogP contribution is 2.14. The third kappa shape index (κ3) is 3.60. The van der Waals surface area contributed by atoms with Crippen molar-refractivity contribution < 1.29 is 4.90 Å². The summed E-state index contributed by atoms with van der Waals surface area (Å²) in [4.78, 5) is 20.8. The predicted molar refractivity (Wildman–Crippen MR) is 92.8 cm³/mol. The number of rotatable bonds is 4. The Hall–Kier alpha value is -2.17. The molecule has 2 aromatic carbocycles. The van der Waals surface area contributed by atoms with E-state index in [4.69, 9.17) is 11.6 Å². The fraction of sp³-hybridized carbons (Fsp3) is 0.222. The maximum atomic E-state index is 12.2. The molecule has 1 heterocycles. The van der Waals surface area contributed by atoms with Crippen LogP contribution in [-0.2, 0) is 13.1 Å². The van der Waals surface area contributed by atoms with Crippen LogP contribution in [0.4, 0.5) is 0 Å². The summed E-state index contributed by atoms with van der Waals surface area (Å²) in [6.07, 6.45) is 0. The van der Waals surface area contributed by atoms with Crippen LogP contribution in [0.5, 0.6) is 0 Å². The first-order chi connectivity index (χ1) is 11.0. The number of aromatic amines is 1. The van der Waals surface area contributed by atoms with Crippen LogP contribution in [0, 0.1) is 6.92 Å². The molecule has 4 nitrogen and oxygen atoms in total. The van der Waals surface area contributed by atoms with E-state index in [2.05, 4.69) is 36.1 Å². The van der Waals surface area contributed by atoms with E-state index >= 15 is 0 Å². The lowest BCUT2D eigenvalue weighted by Gasteiger charge is -2.15. The number of halogens is 1. The number of hydrogen-bond acceptors (Lipinski definition) is 2. The first kappa shape index (κ1) is 15.7. The van der Waals surface area contributed by atoms with Crippen LogP contribution in [0.1, 0.15) is 17.0 Å². The number of nitrogens with zero attached hydrogens (tertiary/aromatic N) is 1. The molecular weight excluding hydrogens is 310 g/mol. The molecule has 0 aliphatic rings. The molecule has 0 aliphatic carbocycles. The molecule has 1 unspecified atom stereocenters. The van der Waals surface area contributed by atoms with Crippen LogP contribution in [0.25, 0.3) is 10.9 Å². The predicted octanol–water partition coefficient (Wildman–Crippen LogP) is 2.10. The summed E-state index contributed by atoms with van der Waals surface area (Å²) in [6.45, 7) is 3.64. The van der Waals surface area contributed by atoms with Crippen molar-refractivity contribution in [3.8, 4) is 0 Å². The van der Waals surface area contributed by atoms with Gasteiger partial charge in [0, 0.05) is 10.6 Å². The largest absolute Gasteiger partial charge is 0.327 e. The number of nitrogens with one attached hydrogen (secondary N) is 2. The maximum Gasteiger partial charge on any atom is 0.258 e. The van der Waals surface area contributed by atoms with Gasteiger partial charge in [-0.2, -0.15) is 0 Å². The fourth-order valence-corrected chi connectivity index (χ4v) is 2.89. The van der Waals surface area contributed by atoms with Gasteiger partial charge in [-0.3, -0.25) is 4.79 Å². The summed E-state index contributed by atoms with van der Waals surface area (Å²) in [5.74, 6) is 0.677. The van der Waals surface area contributed by atoms with Gasteiger partial charge in [-0.15, -0.1) is 0 Å². The zero-order valence-corrected chi connectivity index (χ0v) is 13.9. The van der Waals surface area contributed by atoms with Gasteiger partial charge in [0.15, 0.2) is 5.82 Å². The Balaban J connectivity index is 1.83. The van der Waals surface area contributed by atoms with E-state index in [9.17, 15) is 4.79 Å². The van der Waals surface area contributed by atoms with Crippen molar-refractivity contribution in [1.82, 2.24) is 9.97 Å². The van der Waals surface area contributed by atoms with Crippen LogP contribution < -0.4 is 10.5 Å². The summed E-state index contributed by atoms with van der Waals surface area (Å²) in [5.41, 5.74) is 3.10. The molecule has 118 valence electrons. The molecule has 23 heavy (non-hydrogen) atoms. The minimum Gasteiger partial charge on any atom is -0.327 e. The number of aryl methyl sites for hydroxylation is 1. The Morgan fingerprint density at radius 2 is 1.96 bits per heavy atom. The molecule has 0 fully saturated rings. The molecule has 1 aromatic heterocycles. The van der Waals surface area contributed by atoms with E-state index in [-0.39, 0.29) is 5.56 Å². The molecule has 0 amide bonds. The first-order valence-electron chi connectivity index (χ1n) is 7.57. The fourth-order valence-electron chi connectivity index (χ4n) is 2.73. The Labute approximate surface area is 139 Å². The van der Waals surface area contributed by atoms with E-state index in [0.29, 0.717) is 28.3 Å². The number of aromatic nitrogens is 2. The second-order valence-electron chi connectivity index (χ2n) is 5.91. The molecule has 3 rings (SSSR count). The Morgan fingerprint density at radius 3 is 2.74 bits per heavy atom. The zero-order chi connectivity index (χ0) is 16.4. The number of H-pyrrole nitrogens is 1. The molecule has 0 bridgehead atoms. The third-order valence-electron chi connectivity index (χ3n) is 3.94. The molecular formula is C18H19ClN3O+. The van der Waals surface area contributed by atoms with E-state index in [1.165, 1.54) is 16.0 Å². The van der Waals surface area contributed by atoms with Gasteiger partial charge in [0.1, 0.15) is 13.1 Å². The topological polar surface area (TPSA) is 50.2 Å². The van der Waals surface area contributed by atoms with Crippen LogP contribution in [0.3, 0.4) is 0 Å². The third-order valence-corrected chi connectivity index (χ3v) is 4.18. The Bertz CT molecular complexity index is 904. The second-order valence-corrected chi connectivity index (χ2v) is 6.35. The molecule has 0 saturated carbocycles. The highest BCUT2D eigenvalue weighted by Gasteiger charge is 2.11. The van der Waals surface area contributed by atoms with Crippen LogP contribution >= 0.6 is 11.6 Å². The number of fused-ring (bicyclic) bond motifs is 1. The molecule has 3 aromatic rings. The molecule has 5 heteroatoms. The lowest BCUT2D eigenvalue weighted by atomic mass is 10.1. The standard InChI is InChI=1S/C18H18ClN3O/c1-12-5-3-4-6-13(12)10-22(2)11-17-20-16-9-14(19)7-8-15(16)18(23)21-17/h3-9H,10-11H2,1-2H3,(H,20,21,23)/p+1. The average molecular weight is 329 g/mol. The van der Waals surface area contributed by atoms with Gasteiger partial charge in [0.25, 0.3) is 5.56 Å². The van der Waals surface area contributed by atoms with Gasteiger partial charge >= 0.3 is 0 Å². The maximum absolute atomic E-state index is 12.2. The summed E-state index contributed by atoms with van der Waals surface area (Å²) in [7, 11) is 2.09. The lowest BCUT2D eigenvalue weighted by molar-refractivity contribution is -0.908. The first-order valence-corrected chi connectivity index (χ1v) is 7.95. The monoisotopic (exact) mass is 328 g/mol. The minimum absolute atomic E-state index is 0.120. The number of hydrogen-bond donors (Lipinski definition) is 2. The van der Waals surface area contributed by atoms with Crippen molar-refractivity contribution in [2.45, 2.75) is 20.0 Å². The van der Waals surface area contributed by atoms with Gasteiger partial charge in [-0.05, 0) is 30.7 Å². The SMILES string of the molecule is Cc1ccccc1C[NH+](C)Cc1nc2cc(Cl)ccc2c(=O)[nH]1. The van der Waals surface area contributed by atoms with Crippen molar-refractivity contribution in [3.63, 3.8) is 0 Å². The normalized spacial score (nSPS) is 12.5. The Kier molecular flexibility index (Phi) is 4.46. The highest BCUT2D eigenvalue weighted by molar-refractivity contribution is 6.31. The van der Waals surface area contributed by atoms with Gasteiger partial charge in [-0.25, -0.2) is 4.98 Å². The molecule has 0 aliphatic heterocycles. The molecule has 2 N–H and O–H groups in total. The summed E-state index contributed by atoms with van der Waals surface area (Å²) in [6, 6.07) is 13.5. The zero-order valence-electron chi connectivity index (χ0n) is 13.2. The van der Waals surface area contributed by atoms with Gasteiger partial charge in [-0.1, -0.05) is 35.9 Å². The lowest BCUT2D eigenvalue weighted by Crippen LogP contribution is -3.06. The highest BCUT2D eigenvalue weighted by atomic mass is 35.5. The van der Waals surface area contributed by atoms with Crippen molar-refractivity contribution in [3.05, 3.63) is 74.8 Å². The van der Waals surface area contributed by atoms with Crippen molar-refractivity contribution >= 4 is 22.5 Å². The van der Waals surface area contributed by atoms with Crippen LogP contribution in [0.15, 0.2) is 47.3 Å². The van der Waals surface area contributed by atoms with Crippen LogP contribution in [0.2, 0.25) is 5.02 Å². The average Bonchev–Trinajstić information content (AvgIpc) is 2.49. The number of quaternary nitrogens is 1. The summed E-state index contributed by atoms with van der Waals surface area (Å²) < 4.78 is 0.